The van der Waals surface area contributed by atoms with Gasteiger partial charge in [-0.1, -0.05) is 36.4 Å². The molecule has 168 valence electrons. The van der Waals surface area contributed by atoms with Gasteiger partial charge in [-0.2, -0.15) is 0 Å². The standard InChI is InChI=1S/C27H26N2O4/c1-16-10-11-19(14-18(16)3)24-25(28-20-12-13-22(32-4)23(15-20)33-5)27(31)29(26(24)30)21-9-7-6-8-17(21)2/h6-15,28H,1-5H3. The van der Waals surface area contributed by atoms with Crippen molar-refractivity contribution in [3.63, 3.8) is 0 Å². The molecular weight excluding hydrogens is 416 g/mol. The number of hydrogen-bond acceptors (Lipinski definition) is 5. The molecule has 0 spiro atoms. The number of ether oxygens (including phenoxy) is 2. The Morgan fingerprint density at radius 1 is 0.727 bits per heavy atom. The average Bonchev–Trinajstić information content (AvgIpc) is 3.05. The van der Waals surface area contributed by atoms with Crippen LogP contribution in [0.5, 0.6) is 11.5 Å². The van der Waals surface area contributed by atoms with Crippen LogP contribution in [0.3, 0.4) is 0 Å². The number of hydrogen-bond donors (Lipinski definition) is 1. The second-order valence-corrected chi connectivity index (χ2v) is 7.98. The van der Waals surface area contributed by atoms with Crippen molar-refractivity contribution in [3.05, 3.63) is 88.6 Å². The molecule has 6 nitrogen and oxygen atoms in total. The maximum Gasteiger partial charge on any atom is 0.282 e. The lowest BCUT2D eigenvalue weighted by molar-refractivity contribution is -0.120. The summed E-state index contributed by atoms with van der Waals surface area (Å²) in [6.45, 7) is 5.88. The number of methoxy groups -OCH3 is 2. The van der Waals surface area contributed by atoms with Gasteiger partial charge in [0.05, 0.1) is 25.5 Å². The van der Waals surface area contributed by atoms with Crippen molar-refractivity contribution in [2.24, 2.45) is 0 Å². The third kappa shape index (κ3) is 3.96. The van der Waals surface area contributed by atoms with E-state index in [1.165, 1.54) is 4.90 Å². The number of imide groups is 1. The number of anilines is 2. The van der Waals surface area contributed by atoms with Gasteiger partial charge in [-0.25, -0.2) is 4.90 Å². The molecule has 0 fully saturated rings. The highest BCUT2D eigenvalue weighted by molar-refractivity contribution is 6.46. The molecule has 0 unspecified atom stereocenters. The summed E-state index contributed by atoms with van der Waals surface area (Å²) in [5, 5.41) is 3.18. The van der Waals surface area contributed by atoms with Gasteiger partial charge in [-0.05, 0) is 61.2 Å². The van der Waals surface area contributed by atoms with E-state index in [-0.39, 0.29) is 11.6 Å². The van der Waals surface area contributed by atoms with Crippen LogP contribution in [0.1, 0.15) is 22.3 Å². The van der Waals surface area contributed by atoms with Crippen LogP contribution in [0.15, 0.2) is 66.4 Å². The summed E-state index contributed by atoms with van der Waals surface area (Å²) in [4.78, 5) is 28.5. The predicted molar refractivity (Wildman–Crippen MR) is 130 cm³/mol. The lowest BCUT2D eigenvalue weighted by Gasteiger charge is -2.18. The van der Waals surface area contributed by atoms with Crippen LogP contribution in [0.25, 0.3) is 5.57 Å². The zero-order valence-electron chi connectivity index (χ0n) is 19.4. The third-order valence-electron chi connectivity index (χ3n) is 5.89. The van der Waals surface area contributed by atoms with Crippen LogP contribution in [0.2, 0.25) is 0 Å². The van der Waals surface area contributed by atoms with Gasteiger partial charge in [-0.15, -0.1) is 0 Å². The number of nitrogens with one attached hydrogen (secondary N) is 1. The molecule has 1 aliphatic heterocycles. The minimum absolute atomic E-state index is 0.221. The first-order valence-electron chi connectivity index (χ1n) is 10.6. The van der Waals surface area contributed by atoms with E-state index in [9.17, 15) is 9.59 Å². The van der Waals surface area contributed by atoms with E-state index in [0.29, 0.717) is 34.0 Å². The Hall–Kier alpha value is -4.06. The van der Waals surface area contributed by atoms with E-state index in [4.69, 9.17) is 9.47 Å². The van der Waals surface area contributed by atoms with Crippen LogP contribution in [0, 0.1) is 20.8 Å². The zero-order valence-corrected chi connectivity index (χ0v) is 19.4. The Kier molecular flexibility index (Phi) is 5.92. The van der Waals surface area contributed by atoms with Crippen LogP contribution in [-0.2, 0) is 9.59 Å². The fourth-order valence-corrected chi connectivity index (χ4v) is 3.90. The molecule has 1 N–H and O–H groups in total. The highest BCUT2D eigenvalue weighted by Crippen LogP contribution is 2.37. The number of nitrogens with zero attached hydrogens (tertiary/aromatic N) is 1. The van der Waals surface area contributed by atoms with Gasteiger partial charge in [0.1, 0.15) is 5.70 Å². The molecule has 6 heteroatoms. The maximum atomic E-state index is 13.7. The Labute approximate surface area is 193 Å². The monoisotopic (exact) mass is 442 g/mol. The van der Waals surface area contributed by atoms with Crippen molar-refractivity contribution in [2.75, 3.05) is 24.4 Å². The first-order chi connectivity index (χ1) is 15.8. The second kappa shape index (κ2) is 8.82. The van der Waals surface area contributed by atoms with Crippen LogP contribution >= 0.6 is 0 Å². The molecular formula is C27H26N2O4. The smallest absolute Gasteiger partial charge is 0.282 e. The fourth-order valence-electron chi connectivity index (χ4n) is 3.90. The van der Waals surface area contributed by atoms with Crippen LogP contribution < -0.4 is 19.7 Å². The van der Waals surface area contributed by atoms with Gasteiger partial charge >= 0.3 is 0 Å². The van der Waals surface area contributed by atoms with Crippen molar-refractivity contribution in [2.45, 2.75) is 20.8 Å². The van der Waals surface area contributed by atoms with E-state index >= 15 is 0 Å². The highest BCUT2D eigenvalue weighted by atomic mass is 16.5. The lowest BCUT2D eigenvalue weighted by Crippen LogP contribution is -2.33. The molecule has 0 atom stereocenters. The fraction of sp³-hybridized carbons (Fsp3) is 0.185. The van der Waals surface area contributed by atoms with Crippen molar-refractivity contribution >= 4 is 28.8 Å². The molecule has 1 heterocycles. The Balaban J connectivity index is 1.85. The van der Waals surface area contributed by atoms with E-state index in [1.54, 1.807) is 38.5 Å². The average molecular weight is 443 g/mol. The normalized spacial score (nSPS) is 13.5. The number of aryl methyl sites for hydroxylation is 3. The Morgan fingerprint density at radius 2 is 1.45 bits per heavy atom. The predicted octanol–water partition coefficient (Wildman–Crippen LogP) is 5.03. The molecule has 3 aromatic rings. The summed E-state index contributed by atoms with van der Waals surface area (Å²) in [6, 6.07) is 18.4. The summed E-state index contributed by atoms with van der Waals surface area (Å²) in [5.41, 5.74) is 5.41. The van der Waals surface area contributed by atoms with Crippen LogP contribution in [-0.4, -0.2) is 26.0 Å². The van der Waals surface area contributed by atoms with Crippen molar-refractivity contribution in [3.8, 4) is 11.5 Å². The van der Waals surface area contributed by atoms with E-state index < -0.39 is 5.91 Å². The molecule has 0 saturated heterocycles. The molecule has 0 aromatic heterocycles. The highest BCUT2D eigenvalue weighted by Gasteiger charge is 2.40. The third-order valence-corrected chi connectivity index (χ3v) is 5.89. The number of carbonyl (C=O) groups is 2. The first kappa shape index (κ1) is 22.1. The molecule has 3 aromatic carbocycles. The molecule has 33 heavy (non-hydrogen) atoms. The van der Waals surface area contributed by atoms with Crippen molar-refractivity contribution in [1.82, 2.24) is 0 Å². The van der Waals surface area contributed by atoms with Gasteiger partial charge in [0, 0.05) is 11.8 Å². The Morgan fingerprint density at radius 3 is 2.12 bits per heavy atom. The summed E-state index contributed by atoms with van der Waals surface area (Å²) < 4.78 is 10.7. The van der Waals surface area contributed by atoms with Crippen molar-refractivity contribution in [1.29, 1.82) is 0 Å². The molecule has 0 aliphatic carbocycles. The molecule has 0 saturated carbocycles. The minimum atomic E-state index is -0.405. The molecule has 4 rings (SSSR count). The number of rotatable bonds is 6. The molecule has 2 amide bonds. The SMILES string of the molecule is COc1ccc(NC2=C(c3ccc(C)c(C)c3)C(=O)N(c3ccccc3C)C2=O)cc1OC. The summed E-state index contributed by atoms with van der Waals surface area (Å²) >= 11 is 0. The van der Waals surface area contributed by atoms with Gasteiger partial charge in [0.15, 0.2) is 11.5 Å². The first-order valence-corrected chi connectivity index (χ1v) is 10.6. The quantitative estimate of drug-likeness (QED) is 0.543. The van der Waals surface area contributed by atoms with E-state index in [0.717, 1.165) is 16.7 Å². The summed E-state index contributed by atoms with van der Waals surface area (Å²) in [6.07, 6.45) is 0. The van der Waals surface area contributed by atoms with E-state index in [2.05, 4.69) is 5.32 Å². The molecule has 0 radical (unpaired) electrons. The molecule has 1 aliphatic rings. The van der Waals surface area contributed by atoms with Gasteiger partial charge in [-0.3, -0.25) is 9.59 Å². The number of para-hydroxylation sites is 1. The summed E-state index contributed by atoms with van der Waals surface area (Å²) in [5.74, 6) is 0.322. The Bertz CT molecular complexity index is 1290. The van der Waals surface area contributed by atoms with E-state index in [1.807, 2.05) is 57.2 Å². The maximum absolute atomic E-state index is 13.7. The minimum Gasteiger partial charge on any atom is -0.493 e. The number of amides is 2. The van der Waals surface area contributed by atoms with Gasteiger partial charge in [0.25, 0.3) is 11.8 Å². The van der Waals surface area contributed by atoms with Crippen LogP contribution in [0.4, 0.5) is 11.4 Å². The lowest BCUT2D eigenvalue weighted by atomic mass is 9.99. The number of benzene rings is 3. The number of carbonyl (C=O) groups excluding carboxylic acids is 2. The van der Waals surface area contributed by atoms with Gasteiger partial charge in [0.2, 0.25) is 0 Å². The zero-order chi connectivity index (χ0) is 23.7. The summed E-state index contributed by atoms with van der Waals surface area (Å²) in [7, 11) is 3.11. The topological polar surface area (TPSA) is 67.9 Å². The second-order valence-electron chi connectivity index (χ2n) is 7.98. The largest absolute Gasteiger partial charge is 0.493 e. The van der Waals surface area contributed by atoms with Crippen molar-refractivity contribution < 1.29 is 19.1 Å². The molecule has 0 bridgehead atoms. The van der Waals surface area contributed by atoms with Gasteiger partial charge < -0.3 is 14.8 Å².